The Kier molecular flexibility index (Phi) is 10.2. The van der Waals surface area contributed by atoms with E-state index in [0.717, 1.165) is 17.7 Å². The van der Waals surface area contributed by atoms with E-state index in [0.29, 0.717) is 6.54 Å². The Balaban J connectivity index is 1.77. The Morgan fingerprint density at radius 1 is 1.03 bits per heavy atom. The molecule has 0 heterocycles. The minimum atomic E-state index is -3.90. The van der Waals surface area contributed by atoms with Crippen LogP contribution in [0.4, 0.5) is 0 Å². The van der Waals surface area contributed by atoms with Crippen LogP contribution < -0.4 is 10.0 Å². The third-order valence-corrected chi connectivity index (χ3v) is 7.09. The largest absolute Gasteiger partial charge is 0.454 e. The fourth-order valence-electron chi connectivity index (χ4n) is 2.69. The van der Waals surface area contributed by atoms with Gasteiger partial charge in [-0.2, -0.15) is 4.72 Å². The highest BCUT2D eigenvalue weighted by Crippen LogP contribution is 2.17. The van der Waals surface area contributed by atoms with Crippen molar-refractivity contribution in [3.05, 3.63) is 60.2 Å². The number of benzene rings is 2. The molecule has 1 amide bonds. The van der Waals surface area contributed by atoms with Gasteiger partial charge in [0, 0.05) is 11.4 Å². The standard InChI is InChI=1S/C23H30N2O5S2/c1-17(2)22(25-32(28,29)20-12-10-18(3)11-13-20)23(27)30-16-21(26)24-14-7-15-31-19-8-5-4-6-9-19/h4-6,8-13,17,22,25H,7,14-16H2,1-3H3,(H,24,26)/t22-/m0/s1. The number of thioether (sulfide) groups is 1. The van der Waals surface area contributed by atoms with Gasteiger partial charge in [-0.25, -0.2) is 8.42 Å². The van der Waals surface area contributed by atoms with Crippen LogP contribution in [0.3, 0.4) is 0 Å². The van der Waals surface area contributed by atoms with Crippen LogP contribution in [0.2, 0.25) is 0 Å². The van der Waals surface area contributed by atoms with E-state index >= 15 is 0 Å². The molecule has 2 aromatic carbocycles. The molecule has 9 heteroatoms. The summed E-state index contributed by atoms with van der Waals surface area (Å²) in [4.78, 5) is 25.7. The Labute approximate surface area is 194 Å². The highest BCUT2D eigenvalue weighted by molar-refractivity contribution is 7.99. The van der Waals surface area contributed by atoms with Crippen molar-refractivity contribution in [2.45, 2.75) is 43.0 Å². The normalized spacial score (nSPS) is 12.4. The van der Waals surface area contributed by atoms with Crippen molar-refractivity contribution < 1.29 is 22.7 Å². The van der Waals surface area contributed by atoms with E-state index in [-0.39, 0.29) is 10.8 Å². The topological polar surface area (TPSA) is 102 Å². The smallest absolute Gasteiger partial charge is 0.324 e. The van der Waals surface area contributed by atoms with E-state index in [1.165, 1.54) is 17.0 Å². The monoisotopic (exact) mass is 478 g/mol. The highest BCUT2D eigenvalue weighted by Gasteiger charge is 2.30. The maximum absolute atomic E-state index is 12.6. The Morgan fingerprint density at radius 3 is 2.31 bits per heavy atom. The lowest BCUT2D eigenvalue weighted by molar-refractivity contribution is -0.151. The fourth-order valence-corrected chi connectivity index (χ4v) is 4.90. The minimum Gasteiger partial charge on any atom is -0.454 e. The van der Waals surface area contributed by atoms with Gasteiger partial charge in [0.05, 0.1) is 4.90 Å². The predicted octanol–water partition coefficient (Wildman–Crippen LogP) is 3.14. The lowest BCUT2D eigenvalue weighted by Gasteiger charge is -2.20. The first-order valence-corrected chi connectivity index (χ1v) is 12.9. The molecule has 0 saturated carbocycles. The molecule has 2 N–H and O–H groups in total. The average molecular weight is 479 g/mol. The maximum Gasteiger partial charge on any atom is 0.324 e. The quantitative estimate of drug-likeness (QED) is 0.276. The molecular formula is C23H30N2O5S2. The summed E-state index contributed by atoms with van der Waals surface area (Å²) in [7, 11) is -3.90. The van der Waals surface area contributed by atoms with Gasteiger partial charge in [0.2, 0.25) is 10.0 Å². The number of carbonyl (C=O) groups excluding carboxylic acids is 2. The summed E-state index contributed by atoms with van der Waals surface area (Å²) in [6, 6.07) is 15.2. The molecule has 1 atom stereocenters. The zero-order valence-electron chi connectivity index (χ0n) is 18.5. The number of aryl methyl sites for hydroxylation is 1. The third kappa shape index (κ3) is 8.64. The van der Waals surface area contributed by atoms with Crippen molar-refractivity contribution in [3.8, 4) is 0 Å². The van der Waals surface area contributed by atoms with E-state index < -0.39 is 34.5 Å². The molecule has 0 unspecified atom stereocenters. The summed E-state index contributed by atoms with van der Waals surface area (Å²) >= 11 is 1.70. The van der Waals surface area contributed by atoms with Crippen LogP contribution >= 0.6 is 11.8 Å². The molecule has 2 aromatic rings. The molecule has 32 heavy (non-hydrogen) atoms. The molecule has 0 spiro atoms. The number of sulfonamides is 1. The second-order valence-electron chi connectivity index (χ2n) is 7.63. The van der Waals surface area contributed by atoms with E-state index in [4.69, 9.17) is 4.74 Å². The zero-order chi connectivity index (χ0) is 23.6. The van der Waals surface area contributed by atoms with Crippen LogP contribution in [0.25, 0.3) is 0 Å². The molecule has 0 aliphatic rings. The van der Waals surface area contributed by atoms with Gasteiger partial charge in [0.25, 0.3) is 5.91 Å². The van der Waals surface area contributed by atoms with E-state index in [1.54, 1.807) is 37.7 Å². The minimum absolute atomic E-state index is 0.0627. The van der Waals surface area contributed by atoms with E-state index in [2.05, 4.69) is 10.0 Å². The van der Waals surface area contributed by atoms with Crippen LogP contribution in [0.1, 0.15) is 25.8 Å². The number of carbonyl (C=O) groups is 2. The molecule has 2 rings (SSSR count). The number of amides is 1. The van der Waals surface area contributed by atoms with Crippen molar-refractivity contribution in [1.82, 2.24) is 10.0 Å². The van der Waals surface area contributed by atoms with Crippen molar-refractivity contribution in [2.24, 2.45) is 5.92 Å². The van der Waals surface area contributed by atoms with Crippen molar-refractivity contribution in [1.29, 1.82) is 0 Å². The van der Waals surface area contributed by atoms with Crippen molar-refractivity contribution >= 4 is 33.7 Å². The summed E-state index contributed by atoms with van der Waals surface area (Å²) in [6.45, 7) is 5.26. The van der Waals surface area contributed by atoms with Gasteiger partial charge in [0.1, 0.15) is 6.04 Å². The van der Waals surface area contributed by atoms with Gasteiger partial charge in [-0.05, 0) is 49.3 Å². The molecule has 0 bridgehead atoms. The number of nitrogens with one attached hydrogen (secondary N) is 2. The highest BCUT2D eigenvalue weighted by atomic mass is 32.2. The lowest BCUT2D eigenvalue weighted by Crippen LogP contribution is -2.46. The number of hydrogen-bond donors (Lipinski definition) is 2. The summed E-state index contributed by atoms with van der Waals surface area (Å²) in [6.07, 6.45) is 0.768. The summed E-state index contributed by atoms with van der Waals surface area (Å²) in [5, 5.41) is 2.70. The molecule has 174 valence electrons. The Morgan fingerprint density at radius 2 is 1.69 bits per heavy atom. The van der Waals surface area contributed by atoms with Crippen LogP contribution in [0, 0.1) is 12.8 Å². The molecule has 0 saturated heterocycles. The van der Waals surface area contributed by atoms with Gasteiger partial charge < -0.3 is 10.1 Å². The summed E-state index contributed by atoms with van der Waals surface area (Å²) in [5.41, 5.74) is 0.924. The number of hydrogen-bond acceptors (Lipinski definition) is 6. The van der Waals surface area contributed by atoms with Crippen molar-refractivity contribution in [2.75, 3.05) is 18.9 Å². The van der Waals surface area contributed by atoms with Gasteiger partial charge >= 0.3 is 5.97 Å². The van der Waals surface area contributed by atoms with Gasteiger partial charge in [-0.1, -0.05) is 49.7 Å². The second-order valence-corrected chi connectivity index (χ2v) is 10.5. The number of rotatable bonds is 12. The maximum atomic E-state index is 12.6. The molecule has 0 radical (unpaired) electrons. The van der Waals surface area contributed by atoms with Gasteiger partial charge in [-0.15, -0.1) is 11.8 Å². The first-order chi connectivity index (χ1) is 15.2. The average Bonchev–Trinajstić information content (AvgIpc) is 2.76. The number of esters is 1. The van der Waals surface area contributed by atoms with E-state index in [1.807, 2.05) is 37.3 Å². The number of ether oxygens (including phenoxy) is 1. The molecule has 0 aliphatic carbocycles. The summed E-state index contributed by atoms with van der Waals surface area (Å²) < 4.78 is 32.7. The Hall–Kier alpha value is -2.36. The molecule has 7 nitrogen and oxygen atoms in total. The SMILES string of the molecule is Cc1ccc(S(=O)(=O)N[C@H](C(=O)OCC(=O)NCCCSc2ccccc2)C(C)C)cc1. The first kappa shape index (κ1) is 25.9. The zero-order valence-corrected chi connectivity index (χ0v) is 20.2. The predicted molar refractivity (Wildman–Crippen MR) is 126 cm³/mol. The van der Waals surface area contributed by atoms with Crippen LogP contribution in [0.15, 0.2) is 64.4 Å². The lowest BCUT2D eigenvalue weighted by atomic mass is 10.1. The fraction of sp³-hybridized carbons (Fsp3) is 0.391. The van der Waals surface area contributed by atoms with Crippen molar-refractivity contribution in [3.63, 3.8) is 0 Å². The molecule has 0 fully saturated rings. The van der Waals surface area contributed by atoms with Gasteiger partial charge in [0.15, 0.2) is 6.61 Å². The Bertz CT molecular complexity index is 977. The first-order valence-electron chi connectivity index (χ1n) is 10.4. The van der Waals surface area contributed by atoms with E-state index in [9.17, 15) is 18.0 Å². The van der Waals surface area contributed by atoms with Gasteiger partial charge in [-0.3, -0.25) is 9.59 Å². The summed E-state index contributed by atoms with van der Waals surface area (Å²) in [5.74, 6) is -0.724. The van der Waals surface area contributed by atoms with Crippen LogP contribution in [-0.2, 0) is 24.3 Å². The third-order valence-electron chi connectivity index (χ3n) is 4.53. The molecular weight excluding hydrogens is 448 g/mol. The second kappa shape index (κ2) is 12.6. The molecule has 0 aromatic heterocycles. The molecule has 0 aliphatic heterocycles. The van der Waals surface area contributed by atoms with Crippen LogP contribution in [0.5, 0.6) is 0 Å². The van der Waals surface area contributed by atoms with Crippen LogP contribution in [-0.4, -0.2) is 45.2 Å².